The lowest BCUT2D eigenvalue weighted by molar-refractivity contribution is -0.131. The summed E-state index contributed by atoms with van der Waals surface area (Å²) in [4.78, 5) is 19.1. The summed E-state index contributed by atoms with van der Waals surface area (Å²) < 4.78 is 2.26. The van der Waals surface area contributed by atoms with Crippen LogP contribution in [0.5, 0.6) is 0 Å². The Morgan fingerprint density at radius 1 is 1.00 bits per heavy atom. The van der Waals surface area contributed by atoms with Gasteiger partial charge >= 0.3 is 0 Å². The fourth-order valence-corrected chi connectivity index (χ4v) is 5.01. The van der Waals surface area contributed by atoms with Crippen LogP contribution in [0, 0.1) is 11.8 Å². The van der Waals surface area contributed by atoms with Crippen molar-refractivity contribution in [1.82, 2.24) is 14.5 Å². The van der Waals surface area contributed by atoms with Crippen LogP contribution in [0.15, 0.2) is 60.9 Å². The third-order valence-electron chi connectivity index (χ3n) is 6.95. The summed E-state index contributed by atoms with van der Waals surface area (Å²) in [5.74, 6) is 2.22. The minimum absolute atomic E-state index is 0.322. The number of carbonyl (C=O) groups excluding carboxylic acids is 1. The zero-order valence-corrected chi connectivity index (χ0v) is 17.7. The summed E-state index contributed by atoms with van der Waals surface area (Å²) in [7, 11) is 0. The molecule has 3 aromatic rings. The highest BCUT2D eigenvalue weighted by molar-refractivity contribution is 5.81. The van der Waals surface area contributed by atoms with E-state index in [1.54, 1.807) is 0 Å². The number of carbonyl (C=O) groups is 1. The zero-order chi connectivity index (χ0) is 20.8. The average molecular weight is 410 g/mol. The van der Waals surface area contributed by atoms with Crippen molar-refractivity contribution in [2.75, 3.05) is 13.1 Å². The van der Waals surface area contributed by atoms with Crippen molar-refractivity contribution in [2.24, 2.45) is 11.8 Å². The molecule has 0 bridgehead atoms. The molecule has 2 aliphatic carbocycles. The van der Waals surface area contributed by atoms with Crippen molar-refractivity contribution in [2.45, 2.75) is 32.2 Å². The fourth-order valence-electron chi connectivity index (χ4n) is 5.01. The van der Waals surface area contributed by atoms with Gasteiger partial charge in [-0.2, -0.15) is 0 Å². The highest BCUT2D eigenvalue weighted by Crippen LogP contribution is 2.33. The molecule has 1 amide bonds. The first-order chi connectivity index (χ1) is 15.2. The van der Waals surface area contributed by atoms with Gasteiger partial charge in [0.15, 0.2) is 0 Å². The van der Waals surface area contributed by atoms with Crippen molar-refractivity contribution in [3.05, 3.63) is 72.1 Å². The second kappa shape index (κ2) is 7.52. The predicted molar refractivity (Wildman–Crippen MR) is 123 cm³/mol. The number of rotatable bonds is 5. The number of nitrogens with zero attached hydrogens (tertiary/aromatic N) is 3. The maximum atomic E-state index is 12.4. The molecule has 3 aliphatic rings. The number of hydrogen-bond acceptors (Lipinski definition) is 2. The number of benzene rings is 2. The fraction of sp³-hybridized carbons (Fsp3) is 0.333. The first-order valence-electron chi connectivity index (χ1n) is 11.4. The molecule has 4 heteroatoms. The van der Waals surface area contributed by atoms with Gasteiger partial charge in [0.05, 0.1) is 0 Å². The van der Waals surface area contributed by atoms with Crippen LogP contribution >= 0.6 is 0 Å². The number of aromatic nitrogens is 2. The Bertz CT molecular complexity index is 1150. The van der Waals surface area contributed by atoms with E-state index in [1.807, 2.05) is 6.20 Å². The molecule has 1 aliphatic heterocycles. The molecular formula is C27H27N3O. The molecule has 31 heavy (non-hydrogen) atoms. The zero-order valence-electron chi connectivity index (χ0n) is 17.7. The molecule has 1 aromatic heterocycles. The van der Waals surface area contributed by atoms with Crippen LogP contribution in [0.4, 0.5) is 0 Å². The van der Waals surface area contributed by atoms with Crippen LogP contribution in [-0.4, -0.2) is 33.4 Å². The predicted octanol–water partition coefficient (Wildman–Crippen LogP) is 5.04. The van der Waals surface area contributed by atoms with Gasteiger partial charge in [-0.3, -0.25) is 4.79 Å². The van der Waals surface area contributed by atoms with Crippen LogP contribution in [-0.2, 0) is 17.8 Å². The third-order valence-corrected chi connectivity index (χ3v) is 6.95. The van der Waals surface area contributed by atoms with E-state index in [4.69, 9.17) is 0 Å². The first kappa shape index (κ1) is 18.6. The second-order valence-corrected chi connectivity index (χ2v) is 9.21. The summed E-state index contributed by atoms with van der Waals surface area (Å²) in [5, 5.41) is 0. The van der Waals surface area contributed by atoms with Gasteiger partial charge in [0.2, 0.25) is 5.91 Å². The second-order valence-electron chi connectivity index (χ2n) is 9.21. The van der Waals surface area contributed by atoms with Crippen LogP contribution in [0.25, 0.3) is 28.6 Å². The van der Waals surface area contributed by atoms with E-state index in [0.29, 0.717) is 17.7 Å². The van der Waals surface area contributed by atoms with Crippen LogP contribution in [0.2, 0.25) is 0 Å². The van der Waals surface area contributed by atoms with E-state index in [2.05, 4.69) is 75.3 Å². The van der Waals surface area contributed by atoms with Crippen LogP contribution in [0.1, 0.15) is 30.4 Å². The molecule has 1 atom stereocenters. The Morgan fingerprint density at radius 3 is 2.65 bits per heavy atom. The van der Waals surface area contributed by atoms with Crippen molar-refractivity contribution in [3.63, 3.8) is 0 Å². The quantitative estimate of drug-likeness (QED) is 0.592. The number of amides is 1. The van der Waals surface area contributed by atoms with Gasteiger partial charge in [0.25, 0.3) is 0 Å². The van der Waals surface area contributed by atoms with Gasteiger partial charge < -0.3 is 9.47 Å². The Balaban J connectivity index is 1.17. The van der Waals surface area contributed by atoms with Crippen molar-refractivity contribution in [1.29, 1.82) is 0 Å². The van der Waals surface area contributed by atoms with Gasteiger partial charge in [-0.15, -0.1) is 0 Å². The molecular weight excluding hydrogens is 382 g/mol. The van der Waals surface area contributed by atoms with Crippen molar-refractivity contribution < 1.29 is 4.79 Å². The SMILES string of the molecule is O=C(C1CC1)N1CCC(Cn2ccnc2-c2ccc(-c3ccc4c(c3)CC=C4)cc2)C1. The Morgan fingerprint density at radius 2 is 1.81 bits per heavy atom. The molecule has 1 saturated heterocycles. The van der Waals surface area contributed by atoms with E-state index >= 15 is 0 Å². The molecule has 2 aromatic carbocycles. The number of likely N-dealkylation sites (tertiary alicyclic amines) is 1. The van der Waals surface area contributed by atoms with Gasteiger partial charge in [0.1, 0.15) is 5.82 Å². The lowest BCUT2D eigenvalue weighted by Crippen LogP contribution is -2.30. The van der Waals surface area contributed by atoms with E-state index in [1.165, 1.54) is 22.3 Å². The van der Waals surface area contributed by atoms with E-state index in [-0.39, 0.29) is 0 Å². The third kappa shape index (κ3) is 3.60. The molecule has 4 nitrogen and oxygen atoms in total. The number of hydrogen-bond donors (Lipinski definition) is 0. The smallest absolute Gasteiger partial charge is 0.225 e. The van der Waals surface area contributed by atoms with E-state index in [0.717, 1.165) is 56.7 Å². The van der Waals surface area contributed by atoms with Gasteiger partial charge in [-0.25, -0.2) is 4.98 Å². The summed E-state index contributed by atoms with van der Waals surface area (Å²) in [6.45, 7) is 2.72. The molecule has 1 saturated carbocycles. The Labute approximate surface area is 183 Å². The number of imidazole rings is 1. The molecule has 2 fully saturated rings. The molecule has 0 N–H and O–H groups in total. The monoisotopic (exact) mass is 409 g/mol. The molecule has 156 valence electrons. The maximum absolute atomic E-state index is 12.4. The first-order valence-corrected chi connectivity index (χ1v) is 11.4. The van der Waals surface area contributed by atoms with Gasteiger partial charge in [-0.05, 0) is 53.9 Å². The highest BCUT2D eigenvalue weighted by Gasteiger charge is 2.36. The molecule has 0 radical (unpaired) electrons. The Hall–Kier alpha value is -3.14. The Kier molecular flexibility index (Phi) is 4.52. The maximum Gasteiger partial charge on any atom is 0.225 e. The molecule has 1 unspecified atom stereocenters. The summed E-state index contributed by atoms with van der Waals surface area (Å²) in [6.07, 6.45) is 12.7. The summed E-state index contributed by atoms with van der Waals surface area (Å²) >= 11 is 0. The summed E-state index contributed by atoms with van der Waals surface area (Å²) in [5.41, 5.74) is 6.39. The van der Waals surface area contributed by atoms with Crippen molar-refractivity contribution >= 4 is 12.0 Å². The molecule has 2 heterocycles. The molecule has 0 spiro atoms. The minimum Gasteiger partial charge on any atom is -0.342 e. The van der Waals surface area contributed by atoms with Crippen LogP contribution in [0.3, 0.4) is 0 Å². The standard InChI is InChI=1S/C27H27N3O/c31-27(23-9-10-23)30-14-12-19(18-30)17-29-15-13-28-26(29)22-7-4-21(5-8-22)25-11-6-20-2-1-3-24(20)16-25/h1-2,4-8,11,13,15-16,19,23H,3,9-10,12,14,17-18H2. The minimum atomic E-state index is 0.322. The van der Waals surface area contributed by atoms with E-state index < -0.39 is 0 Å². The average Bonchev–Trinajstić information content (AvgIpc) is 3.17. The highest BCUT2D eigenvalue weighted by atomic mass is 16.2. The normalized spacial score (nSPS) is 19.7. The number of fused-ring (bicyclic) bond motifs is 1. The molecule has 6 rings (SSSR count). The van der Waals surface area contributed by atoms with Gasteiger partial charge in [-0.1, -0.05) is 54.6 Å². The topological polar surface area (TPSA) is 38.1 Å². The lowest BCUT2D eigenvalue weighted by atomic mass is 9.99. The number of allylic oxidation sites excluding steroid dienone is 1. The van der Waals surface area contributed by atoms with Gasteiger partial charge in [0, 0.05) is 43.5 Å². The van der Waals surface area contributed by atoms with Crippen molar-refractivity contribution in [3.8, 4) is 22.5 Å². The summed E-state index contributed by atoms with van der Waals surface area (Å²) in [6, 6.07) is 15.5. The lowest BCUT2D eigenvalue weighted by Gasteiger charge is -2.17. The largest absolute Gasteiger partial charge is 0.342 e. The van der Waals surface area contributed by atoms with E-state index in [9.17, 15) is 4.79 Å². The van der Waals surface area contributed by atoms with Crippen LogP contribution < -0.4 is 0 Å².